The highest BCUT2D eigenvalue weighted by atomic mass is 15.6. The molecule has 0 N–H and O–H groups in total. The third kappa shape index (κ3) is 0.629. The van der Waals surface area contributed by atoms with Gasteiger partial charge in [-0.2, -0.15) is 0 Å². The fourth-order valence-electron chi connectivity index (χ4n) is 0.310. The van der Waals surface area contributed by atoms with Crippen LogP contribution >= 0.6 is 0 Å². The number of nitrogens with zero attached hydrogens (tertiary/aromatic N) is 4. The highest BCUT2D eigenvalue weighted by Crippen LogP contribution is 1.99. The summed E-state index contributed by atoms with van der Waals surface area (Å²) in [7, 11) is 1.84. The van der Waals surface area contributed by atoms with Crippen LogP contribution in [0, 0.1) is 0 Å². The number of rotatable bonds is 0. The smallest absolute Gasteiger partial charge is 0.139 e. The molecule has 1 aliphatic heterocycles. The molecule has 0 saturated heterocycles. The van der Waals surface area contributed by atoms with Gasteiger partial charge in [-0.3, -0.25) is 0 Å². The lowest BCUT2D eigenvalue weighted by atomic mass is 10.6. The van der Waals surface area contributed by atoms with Crippen LogP contribution in [0.5, 0.6) is 0 Å². The van der Waals surface area contributed by atoms with Crippen molar-refractivity contribution in [2.75, 3.05) is 7.05 Å². The fourth-order valence-corrected chi connectivity index (χ4v) is 0.310. The molecule has 38 valence electrons. The van der Waals surface area contributed by atoms with E-state index in [9.17, 15) is 0 Å². The fraction of sp³-hybridized carbons (Fsp3) is 1.00. The second-order valence-electron chi connectivity index (χ2n) is 1.50. The maximum absolute atomic E-state index is 3.70. The summed E-state index contributed by atoms with van der Waals surface area (Å²) in [5, 5.41) is 10.7. The third-order valence-electron chi connectivity index (χ3n) is 0.941. The molecule has 0 saturated carbocycles. The molecule has 1 atom stereocenters. The highest BCUT2D eigenvalue weighted by molar-refractivity contribution is 4.34. The molecule has 7 heavy (non-hydrogen) atoms. The van der Waals surface area contributed by atoms with Gasteiger partial charge >= 0.3 is 0 Å². The molecule has 1 unspecified atom stereocenters. The molecule has 0 amide bonds. The van der Waals surface area contributed by atoms with E-state index in [1.165, 1.54) is 0 Å². The Labute approximate surface area is 41.5 Å². The largest absolute Gasteiger partial charge is 0.249 e. The first-order valence-electron chi connectivity index (χ1n) is 2.14. The van der Waals surface area contributed by atoms with E-state index < -0.39 is 0 Å². The van der Waals surface area contributed by atoms with Gasteiger partial charge < -0.3 is 0 Å². The minimum Gasteiger partial charge on any atom is -0.139 e. The van der Waals surface area contributed by atoms with Crippen LogP contribution in [0.1, 0.15) is 6.92 Å². The zero-order valence-corrected chi connectivity index (χ0v) is 4.37. The molecule has 4 nitrogen and oxygen atoms in total. The van der Waals surface area contributed by atoms with Crippen LogP contribution in [-0.4, -0.2) is 17.9 Å². The normalized spacial score (nSPS) is 28.3. The molecular formula is C3H7N4+. The summed E-state index contributed by atoms with van der Waals surface area (Å²) in [6, 6.07) is 0. The van der Waals surface area contributed by atoms with Crippen molar-refractivity contribution in [2.45, 2.75) is 13.1 Å². The Hall–Kier alpha value is -0.800. The molecule has 0 aromatic carbocycles. The van der Waals surface area contributed by atoms with Crippen molar-refractivity contribution in [3.8, 4) is 0 Å². The van der Waals surface area contributed by atoms with E-state index in [2.05, 4.69) is 15.6 Å². The molecule has 0 fully saturated rings. The van der Waals surface area contributed by atoms with E-state index >= 15 is 0 Å². The van der Waals surface area contributed by atoms with Crippen LogP contribution in [0.2, 0.25) is 0 Å². The van der Waals surface area contributed by atoms with Gasteiger partial charge in [0.05, 0.1) is 7.05 Å². The summed E-state index contributed by atoms with van der Waals surface area (Å²) in [6.45, 7) is 1.93. The van der Waals surface area contributed by atoms with E-state index in [1.807, 2.05) is 14.0 Å². The van der Waals surface area contributed by atoms with Crippen LogP contribution in [0.3, 0.4) is 0 Å². The van der Waals surface area contributed by atoms with Crippen molar-refractivity contribution in [3.05, 3.63) is 0 Å². The molecule has 0 aromatic heterocycles. The molecule has 1 aliphatic rings. The lowest BCUT2D eigenvalue weighted by Gasteiger charge is -1.86. The average molecular weight is 99.1 g/mol. The van der Waals surface area contributed by atoms with E-state index in [0.29, 0.717) is 0 Å². The van der Waals surface area contributed by atoms with Gasteiger partial charge in [0.25, 0.3) is 0 Å². The lowest BCUT2D eigenvalue weighted by Crippen LogP contribution is -2.09. The van der Waals surface area contributed by atoms with Gasteiger partial charge in [0.1, 0.15) is 0 Å². The Kier molecular flexibility index (Phi) is 0.850. The van der Waals surface area contributed by atoms with Gasteiger partial charge in [-0.1, -0.05) is 0 Å². The zero-order chi connectivity index (χ0) is 5.28. The van der Waals surface area contributed by atoms with Crippen LogP contribution in [0.25, 0.3) is 0 Å². The molecule has 0 aromatic rings. The van der Waals surface area contributed by atoms with Gasteiger partial charge in [0.15, 0.2) is 5.22 Å². The first-order chi connectivity index (χ1) is 3.30. The van der Waals surface area contributed by atoms with Gasteiger partial charge in [-0.25, -0.2) is 0 Å². The van der Waals surface area contributed by atoms with Crippen LogP contribution in [0.15, 0.2) is 15.6 Å². The van der Waals surface area contributed by atoms with Gasteiger partial charge in [-0.15, -0.1) is 4.70 Å². The summed E-state index contributed by atoms with van der Waals surface area (Å²) in [5.74, 6) is 0. The van der Waals surface area contributed by atoms with E-state index in [-0.39, 0.29) is 6.17 Å². The first kappa shape index (κ1) is 4.36. The second kappa shape index (κ2) is 1.36. The monoisotopic (exact) mass is 99.1 g/mol. The summed E-state index contributed by atoms with van der Waals surface area (Å²) in [5.41, 5.74) is 0. The summed E-state index contributed by atoms with van der Waals surface area (Å²) in [6.07, 6.45) is 0.139. The first-order valence-corrected chi connectivity index (χ1v) is 2.14. The lowest BCUT2D eigenvalue weighted by molar-refractivity contribution is -0.588. The van der Waals surface area contributed by atoms with E-state index in [4.69, 9.17) is 0 Å². The topological polar surface area (TPSA) is 40.1 Å². The third-order valence-corrected chi connectivity index (χ3v) is 0.941. The van der Waals surface area contributed by atoms with Crippen LogP contribution in [-0.2, 0) is 0 Å². The van der Waals surface area contributed by atoms with Crippen LogP contribution < -0.4 is 0 Å². The number of hydrogen-bond acceptors (Lipinski definition) is 3. The molecule has 0 spiro atoms. The van der Waals surface area contributed by atoms with Crippen molar-refractivity contribution < 1.29 is 4.70 Å². The maximum atomic E-state index is 3.70. The predicted molar refractivity (Wildman–Crippen MR) is 22.9 cm³/mol. The predicted octanol–water partition coefficient (Wildman–Crippen LogP) is 0.808. The van der Waals surface area contributed by atoms with E-state index in [0.717, 1.165) is 0 Å². The molecule has 0 radical (unpaired) electrons. The molecule has 0 aliphatic carbocycles. The summed E-state index contributed by atoms with van der Waals surface area (Å²) >= 11 is 0. The Balaban J connectivity index is 2.69. The van der Waals surface area contributed by atoms with Crippen molar-refractivity contribution in [3.63, 3.8) is 0 Å². The molecule has 0 bridgehead atoms. The van der Waals surface area contributed by atoms with Crippen molar-refractivity contribution in [1.29, 1.82) is 0 Å². The Morgan fingerprint density at radius 2 is 2.29 bits per heavy atom. The van der Waals surface area contributed by atoms with Crippen molar-refractivity contribution in [2.24, 2.45) is 15.6 Å². The minimum absolute atomic E-state index is 0.139. The minimum atomic E-state index is 0.139. The highest BCUT2D eigenvalue weighted by Gasteiger charge is 2.14. The summed E-state index contributed by atoms with van der Waals surface area (Å²) < 4.78 is 1.69. The molecular weight excluding hydrogens is 92.1 g/mol. The Bertz CT molecular complexity index is 125. The molecule has 1 heterocycles. The van der Waals surface area contributed by atoms with Gasteiger partial charge in [0.2, 0.25) is 11.4 Å². The molecule has 4 heteroatoms. The van der Waals surface area contributed by atoms with Gasteiger partial charge in [-0.05, 0) is 0 Å². The van der Waals surface area contributed by atoms with Crippen molar-refractivity contribution >= 4 is 0 Å². The maximum Gasteiger partial charge on any atom is 0.249 e. The number of hydrogen-bond donors (Lipinski definition) is 0. The van der Waals surface area contributed by atoms with Gasteiger partial charge in [0, 0.05) is 12.0 Å². The summed E-state index contributed by atoms with van der Waals surface area (Å²) in [4.78, 5) is 0. The van der Waals surface area contributed by atoms with E-state index in [1.54, 1.807) is 4.70 Å². The Morgan fingerprint density at radius 3 is 2.43 bits per heavy atom. The SMILES string of the molecule is CC1N=NN=[N+]1C. The van der Waals surface area contributed by atoms with Crippen LogP contribution in [0.4, 0.5) is 0 Å². The zero-order valence-electron chi connectivity index (χ0n) is 4.37. The molecule has 1 rings (SSSR count). The van der Waals surface area contributed by atoms with Crippen molar-refractivity contribution in [1.82, 2.24) is 0 Å². The standard InChI is InChI=1S/C3H7N4/c1-3-4-5-6-7(3)2/h3H,1-2H3/q+1. The Morgan fingerprint density at radius 1 is 1.57 bits per heavy atom. The quantitative estimate of drug-likeness (QED) is 0.403. The average Bonchev–Trinajstić information content (AvgIpc) is 1.91. The second-order valence-corrected chi connectivity index (χ2v) is 1.50.